The molecule has 0 spiro atoms. The molecular weight excluding hydrogens is 500 g/mol. The van der Waals surface area contributed by atoms with Crippen molar-refractivity contribution in [2.24, 2.45) is 0 Å². The van der Waals surface area contributed by atoms with E-state index in [0.717, 1.165) is 16.8 Å². The van der Waals surface area contributed by atoms with Crippen LogP contribution < -0.4 is 20.9 Å². The fraction of sp³-hybridized carbons (Fsp3) is 0.0690. The van der Waals surface area contributed by atoms with E-state index in [9.17, 15) is 9.59 Å². The van der Waals surface area contributed by atoms with Crippen molar-refractivity contribution in [2.75, 3.05) is 10.0 Å². The Balaban J connectivity index is 1.49. The first-order chi connectivity index (χ1) is 18.0. The van der Waals surface area contributed by atoms with Crippen LogP contribution in [-0.4, -0.2) is 16.8 Å². The number of hydrazine groups is 2. The van der Waals surface area contributed by atoms with Crippen LogP contribution in [0.5, 0.6) is 0 Å². The second-order valence-corrected chi connectivity index (χ2v) is 8.95. The van der Waals surface area contributed by atoms with Crippen LogP contribution in [0.25, 0.3) is 0 Å². The molecule has 1 atom stereocenters. The molecule has 0 radical (unpaired) electrons. The van der Waals surface area contributed by atoms with E-state index in [2.05, 4.69) is 10.9 Å². The van der Waals surface area contributed by atoms with E-state index in [4.69, 9.17) is 24.8 Å². The van der Waals surface area contributed by atoms with Gasteiger partial charge in [0, 0.05) is 5.56 Å². The van der Waals surface area contributed by atoms with Crippen LogP contribution in [0.15, 0.2) is 121 Å². The topological polar surface area (TPSA) is 64.7 Å². The van der Waals surface area contributed by atoms with Crippen LogP contribution in [0.4, 0.5) is 11.4 Å². The lowest BCUT2D eigenvalue weighted by Gasteiger charge is -2.31. The molecule has 0 aliphatic heterocycles. The number of amides is 2. The lowest BCUT2D eigenvalue weighted by atomic mass is 10.2. The maximum Gasteiger partial charge on any atom is 0.248 e. The summed E-state index contributed by atoms with van der Waals surface area (Å²) in [5.41, 5.74) is 8.70. The predicted octanol–water partition coefficient (Wildman–Crippen LogP) is 5.46. The highest BCUT2D eigenvalue weighted by Gasteiger charge is 2.23. The summed E-state index contributed by atoms with van der Waals surface area (Å²) in [6.07, 6.45) is -0.417. The predicted molar refractivity (Wildman–Crippen MR) is 155 cm³/mol. The lowest BCUT2D eigenvalue weighted by molar-refractivity contribution is -0.129. The number of thiol groups is 1. The summed E-state index contributed by atoms with van der Waals surface area (Å²) in [4.78, 5) is 26.5. The Bertz CT molecular complexity index is 1320. The Labute approximate surface area is 227 Å². The number of benzene rings is 4. The monoisotopic (exact) mass is 526 g/mol. The van der Waals surface area contributed by atoms with E-state index in [1.54, 1.807) is 5.01 Å². The Morgan fingerprint density at radius 2 is 1.14 bits per heavy atom. The molecule has 186 valence electrons. The number of hydrogen-bond acceptors (Lipinski definition) is 5. The number of anilines is 2. The minimum atomic E-state index is -0.511. The Morgan fingerprint density at radius 1 is 0.676 bits per heavy atom. The average Bonchev–Trinajstić information content (AvgIpc) is 2.96. The van der Waals surface area contributed by atoms with Gasteiger partial charge in [0.15, 0.2) is 0 Å². The van der Waals surface area contributed by atoms with Crippen molar-refractivity contribution in [3.05, 3.63) is 132 Å². The molecule has 2 amide bonds. The van der Waals surface area contributed by atoms with E-state index in [1.165, 1.54) is 5.01 Å². The van der Waals surface area contributed by atoms with E-state index in [-0.39, 0.29) is 0 Å². The standard InChI is InChI=1S/C29H26N4O2S2/c34-26(30-32(24-17-9-3-10-18-24)28(36)22-13-5-1-6-14-22)21-27(35)31-33(25-19-11-4-12-20-25)29(37)23-15-7-2-8-16-23/h1-20,28,36H,21H2,(H,30,34)(H,31,35). The van der Waals surface area contributed by atoms with Gasteiger partial charge in [0.05, 0.1) is 11.4 Å². The summed E-state index contributed by atoms with van der Waals surface area (Å²) in [5, 5.41) is 2.68. The highest BCUT2D eigenvalue weighted by Crippen LogP contribution is 2.28. The van der Waals surface area contributed by atoms with E-state index in [0.29, 0.717) is 10.7 Å². The minimum Gasteiger partial charge on any atom is -0.273 e. The van der Waals surface area contributed by atoms with E-state index in [1.807, 2.05) is 121 Å². The molecule has 6 nitrogen and oxygen atoms in total. The maximum absolute atomic E-state index is 13.0. The van der Waals surface area contributed by atoms with Crippen LogP contribution in [0.1, 0.15) is 22.9 Å². The van der Waals surface area contributed by atoms with Gasteiger partial charge in [0.1, 0.15) is 16.8 Å². The second kappa shape index (κ2) is 12.7. The molecule has 0 saturated carbocycles. The molecule has 2 N–H and O–H groups in total. The number of carbonyl (C=O) groups is 2. The summed E-state index contributed by atoms with van der Waals surface area (Å²) in [6, 6.07) is 37.5. The van der Waals surface area contributed by atoms with Gasteiger partial charge >= 0.3 is 0 Å². The summed E-state index contributed by atoms with van der Waals surface area (Å²) < 4.78 is 0. The number of hydrogen-bond donors (Lipinski definition) is 3. The summed E-state index contributed by atoms with van der Waals surface area (Å²) in [7, 11) is 0. The van der Waals surface area contributed by atoms with Gasteiger partial charge in [0.25, 0.3) is 0 Å². The number of nitrogens with zero attached hydrogens (tertiary/aromatic N) is 2. The number of rotatable bonds is 8. The number of thiocarbonyl (C=S) groups is 1. The van der Waals surface area contributed by atoms with Gasteiger partial charge in [-0.2, -0.15) is 0 Å². The first-order valence-electron chi connectivity index (χ1n) is 11.6. The molecule has 0 aromatic heterocycles. The van der Waals surface area contributed by atoms with Crippen molar-refractivity contribution in [3.63, 3.8) is 0 Å². The van der Waals surface area contributed by atoms with E-state index < -0.39 is 23.6 Å². The fourth-order valence-corrected chi connectivity index (χ4v) is 4.28. The normalized spacial score (nSPS) is 11.2. The van der Waals surface area contributed by atoms with Gasteiger partial charge in [-0.05, 0) is 29.8 Å². The van der Waals surface area contributed by atoms with Crippen LogP contribution in [0.2, 0.25) is 0 Å². The number of nitrogens with one attached hydrogen (secondary N) is 2. The van der Waals surface area contributed by atoms with Crippen LogP contribution in [0.3, 0.4) is 0 Å². The average molecular weight is 527 g/mol. The maximum atomic E-state index is 13.0. The van der Waals surface area contributed by atoms with E-state index >= 15 is 0 Å². The van der Waals surface area contributed by atoms with Crippen molar-refractivity contribution in [1.29, 1.82) is 0 Å². The Kier molecular flexibility index (Phi) is 8.91. The van der Waals surface area contributed by atoms with Crippen LogP contribution >= 0.6 is 24.8 Å². The zero-order chi connectivity index (χ0) is 26.0. The fourth-order valence-electron chi connectivity index (χ4n) is 3.63. The molecular formula is C29H26N4O2S2. The third-order valence-corrected chi connectivity index (χ3v) is 6.37. The molecule has 0 aliphatic rings. The zero-order valence-electron chi connectivity index (χ0n) is 19.9. The molecule has 4 rings (SSSR count). The minimum absolute atomic E-state index is 0.408. The Hall–Kier alpha value is -4.14. The Morgan fingerprint density at radius 3 is 1.70 bits per heavy atom. The lowest BCUT2D eigenvalue weighted by Crippen LogP contribution is -2.49. The van der Waals surface area contributed by atoms with Gasteiger partial charge in [0.2, 0.25) is 11.8 Å². The quantitative estimate of drug-likeness (QED) is 0.0936. The number of para-hydroxylation sites is 2. The summed E-state index contributed by atoms with van der Waals surface area (Å²) in [5.74, 6) is -1.00. The molecule has 8 heteroatoms. The highest BCUT2D eigenvalue weighted by molar-refractivity contribution is 7.81. The SMILES string of the molecule is O=C(CC(=O)NN(c1ccccc1)C(S)c1ccccc1)NN(C(=S)c1ccccc1)c1ccccc1. The number of carbonyl (C=O) groups excluding carboxylic acids is 2. The van der Waals surface area contributed by atoms with Crippen molar-refractivity contribution < 1.29 is 9.59 Å². The van der Waals surface area contributed by atoms with Crippen LogP contribution in [0, 0.1) is 0 Å². The molecule has 0 heterocycles. The molecule has 0 aliphatic carbocycles. The van der Waals surface area contributed by atoms with Gasteiger partial charge in [-0.1, -0.05) is 109 Å². The van der Waals surface area contributed by atoms with Crippen molar-refractivity contribution in [3.8, 4) is 0 Å². The smallest absolute Gasteiger partial charge is 0.248 e. The summed E-state index contributed by atoms with van der Waals surface area (Å²) >= 11 is 10.4. The molecule has 4 aromatic rings. The highest BCUT2D eigenvalue weighted by atomic mass is 32.1. The molecule has 1 unspecified atom stereocenters. The molecule has 4 aromatic carbocycles. The largest absolute Gasteiger partial charge is 0.273 e. The van der Waals surface area contributed by atoms with Gasteiger partial charge in [-0.15, -0.1) is 12.6 Å². The third-order valence-electron chi connectivity index (χ3n) is 5.42. The molecule has 0 fully saturated rings. The molecule has 37 heavy (non-hydrogen) atoms. The van der Waals surface area contributed by atoms with Crippen molar-refractivity contribution >= 4 is 53.0 Å². The molecule has 0 bridgehead atoms. The van der Waals surface area contributed by atoms with Gasteiger partial charge in [-0.25, -0.2) is 5.01 Å². The van der Waals surface area contributed by atoms with Gasteiger partial charge in [-0.3, -0.25) is 25.4 Å². The first-order valence-corrected chi connectivity index (χ1v) is 12.6. The van der Waals surface area contributed by atoms with Crippen LogP contribution in [-0.2, 0) is 9.59 Å². The molecule has 0 saturated heterocycles. The van der Waals surface area contributed by atoms with Crippen molar-refractivity contribution in [1.82, 2.24) is 10.9 Å². The third kappa shape index (κ3) is 6.97. The second-order valence-electron chi connectivity index (χ2n) is 8.08. The zero-order valence-corrected chi connectivity index (χ0v) is 21.6. The summed E-state index contributed by atoms with van der Waals surface area (Å²) in [6.45, 7) is 0. The first kappa shape index (κ1) is 25.9. The van der Waals surface area contributed by atoms with Gasteiger partial charge < -0.3 is 0 Å². The van der Waals surface area contributed by atoms with Crippen molar-refractivity contribution in [2.45, 2.75) is 11.8 Å².